The van der Waals surface area contributed by atoms with Crippen molar-refractivity contribution in [3.8, 4) is 6.07 Å². The number of rotatable bonds is 3. The van der Waals surface area contributed by atoms with Crippen molar-refractivity contribution in [3.05, 3.63) is 16.0 Å². The van der Waals surface area contributed by atoms with Crippen LogP contribution in [0.1, 0.15) is 42.7 Å². The molecule has 0 aliphatic heterocycles. The Morgan fingerprint density at radius 1 is 1.68 bits per heavy atom. The van der Waals surface area contributed by atoms with Gasteiger partial charge in [-0.15, -0.1) is 11.3 Å². The quantitative estimate of drug-likeness (QED) is 0.890. The highest BCUT2D eigenvalue weighted by Gasteiger charge is 2.24. The number of nitrogens with one attached hydrogen (secondary N) is 1. The van der Waals surface area contributed by atoms with Crippen LogP contribution in [-0.2, 0) is 17.6 Å². The van der Waals surface area contributed by atoms with E-state index in [-0.39, 0.29) is 18.4 Å². The van der Waals surface area contributed by atoms with Crippen molar-refractivity contribution in [2.24, 2.45) is 11.7 Å². The summed E-state index contributed by atoms with van der Waals surface area (Å²) in [4.78, 5) is 13.0. The molecule has 2 rings (SSSR count). The van der Waals surface area contributed by atoms with Gasteiger partial charge in [0, 0.05) is 17.3 Å². The largest absolute Gasteiger partial charge is 0.327 e. The maximum absolute atomic E-state index is 11.8. The van der Waals surface area contributed by atoms with Gasteiger partial charge in [0.1, 0.15) is 11.1 Å². The lowest BCUT2D eigenvalue weighted by molar-refractivity contribution is -0.116. The minimum absolute atomic E-state index is 0.113. The molecule has 1 aliphatic carbocycles. The summed E-state index contributed by atoms with van der Waals surface area (Å²) in [6.07, 6.45) is 3.35. The number of amides is 1. The van der Waals surface area contributed by atoms with E-state index in [4.69, 9.17) is 5.73 Å². The van der Waals surface area contributed by atoms with Gasteiger partial charge in [-0.25, -0.2) is 0 Å². The third-order valence-electron chi connectivity index (χ3n) is 3.38. The van der Waals surface area contributed by atoms with Crippen molar-refractivity contribution < 1.29 is 4.79 Å². The molecule has 3 N–H and O–H groups in total. The molecule has 5 heteroatoms. The van der Waals surface area contributed by atoms with Crippen molar-refractivity contribution in [3.63, 3.8) is 0 Å². The Morgan fingerprint density at radius 2 is 2.42 bits per heavy atom. The lowest BCUT2D eigenvalue weighted by atomic mass is 9.88. The first kappa shape index (κ1) is 14.0. The van der Waals surface area contributed by atoms with E-state index < -0.39 is 0 Å². The molecular formula is C14H19N3OS. The van der Waals surface area contributed by atoms with Crippen molar-refractivity contribution in [1.29, 1.82) is 5.26 Å². The van der Waals surface area contributed by atoms with E-state index in [9.17, 15) is 10.1 Å². The van der Waals surface area contributed by atoms with Gasteiger partial charge in [0.25, 0.3) is 0 Å². The van der Waals surface area contributed by atoms with Gasteiger partial charge in [-0.2, -0.15) is 5.26 Å². The number of hydrogen-bond donors (Lipinski definition) is 2. The lowest BCUT2D eigenvalue weighted by Gasteiger charge is -2.17. The Labute approximate surface area is 117 Å². The van der Waals surface area contributed by atoms with Crippen LogP contribution >= 0.6 is 11.3 Å². The van der Waals surface area contributed by atoms with Crippen LogP contribution in [0.25, 0.3) is 0 Å². The number of carbonyl (C=O) groups is 1. The van der Waals surface area contributed by atoms with Crippen molar-refractivity contribution >= 4 is 22.2 Å². The number of thiophene rings is 1. The first-order valence-corrected chi connectivity index (χ1v) is 7.43. The van der Waals surface area contributed by atoms with Crippen LogP contribution < -0.4 is 11.1 Å². The number of nitrogens with zero attached hydrogens (tertiary/aromatic N) is 1. The van der Waals surface area contributed by atoms with Crippen LogP contribution in [-0.4, -0.2) is 11.9 Å². The van der Waals surface area contributed by atoms with Crippen molar-refractivity contribution in [1.82, 2.24) is 0 Å². The Bertz CT molecular complexity index is 528. The second-order valence-electron chi connectivity index (χ2n) is 5.40. The van der Waals surface area contributed by atoms with E-state index in [1.54, 1.807) is 18.3 Å². The molecule has 1 amide bonds. The highest BCUT2D eigenvalue weighted by molar-refractivity contribution is 7.16. The Morgan fingerprint density at radius 3 is 3.05 bits per heavy atom. The van der Waals surface area contributed by atoms with E-state index in [1.807, 2.05) is 0 Å². The second-order valence-corrected chi connectivity index (χ2v) is 6.50. The van der Waals surface area contributed by atoms with E-state index in [0.717, 1.165) is 24.8 Å². The van der Waals surface area contributed by atoms with Gasteiger partial charge in [0.05, 0.1) is 5.56 Å². The molecule has 1 aromatic rings. The first-order chi connectivity index (χ1) is 9.01. The fourth-order valence-electron chi connectivity index (χ4n) is 2.43. The molecule has 1 aliphatic rings. The summed E-state index contributed by atoms with van der Waals surface area (Å²) >= 11 is 1.55. The van der Waals surface area contributed by atoms with Gasteiger partial charge in [-0.05, 0) is 37.7 Å². The molecule has 0 radical (unpaired) electrons. The normalized spacial score (nSPS) is 19.4. The second kappa shape index (κ2) is 5.72. The predicted octanol–water partition coefficient (Wildman–Crippen LogP) is 2.42. The lowest BCUT2D eigenvalue weighted by Crippen LogP contribution is -2.23. The number of nitriles is 1. The Kier molecular flexibility index (Phi) is 4.23. The third kappa shape index (κ3) is 3.14. The smallest absolute Gasteiger partial charge is 0.226 e. The van der Waals surface area contributed by atoms with Crippen LogP contribution in [0.3, 0.4) is 0 Å². The molecule has 0 fully saturated rings. The highest BCUT2D eigenvalue weighted by atomic mass is 32.1. The minimum Gasteiger partial charge on any atom is -0.327 e. The van der Waals surface area contributed by atoms with Gasteiger partial charge in [-0.3, -0.25) is 4.79 Å². The number of hydrogen-bond acceptors (Lipinski definition) is 4. The summed E-state index contributed by atoms with van der Waals surface area (Å²) in [5.74, 6) is 0.545. The molecule has 102 valence electrons. The standard InChI is InChI=1S/C14H19N3OS/c1-8-3-4-10-11(7-15)14(19-12(10)5-8)17-13(18)6-9(2)16/h8-9H,3-6,16H2,1-2H3,(H,17,18). The zero-order valence-electron chi connectivity index (χ0n) is 11.3. The monoisotopic (exact) mass is 277 g/mol. The highest BCUT2D eigenvalue weighted by Crippen LogP contribution is 2.39. The average molecular weight is 277 g/mol. The van der Waals surface area contributed by atoms with E-state index in [1.165, 1.54) is 4.88 Å². The molecule has 0 saturated heterocycles. The minimum atomic E-state index is -0.167. The molecule has 0 spiro atoms. The van der Waals surface area contributed by atoms with Crippen LogP contribution in [0.2, 0.25) is 0 Å². The summed E-state index contributed by atoms with van der Waals surface area (Å²) in [5, 5.41) is 12.8. The van der Waals surface area contributed by atoms with Crippen molar-refractivity contribution in [2.45, 2.75) is 45.6 Å². The van der Waals surface area contributed by atoms with E-state index in [2.05, 4.69) is 18.3 Å². The van der Waals surface area contributed by atoms with Crippen LogP contribution in [0.4, 0.5) is 5.00 Å². The molecule has 4 nitrogen and oxygen atoms in total. The molecule has 0 aromatic carbocycles. The topological polar surface area (TPSA) is 78.9 Å². The number of nitrogens with two attached hydrogens (primary N) is 1. The molecular weight excluding hydrogens is 258 g/mol. The van der Waals surface area contributed by atoms with E-state index >= 15 is 0 Å². The molecule has 1 heterocycles. The number of fused-ring (bicyclic) bond motifs is 1. The van der Waals surface area contributed by atoms with Crippen LogP contribution in [0.5, 0.6) is 0 Å². The summed E-state index contributed by atoms with van der Waals surface area (Å²) in [6, 6.07) is 2.08. The van der Waals surface area contributed by atoms with Gasteiger partial charge in [-0.1, -0.05) is 6.92 Å². The fraction of sp³-hybridized carbons (Fsp3) is 0.571. The van der Waals surface area contributed by atoms with Crippen molar-refractivity contribution in [2.75, 3.05) is 5.32 Å². The number of carbonyl (C=O) groups excluding carboxylic acids is 1. The zero-order chi connectivity index (χ0) is 14.0. The Balaban J connectivity index is 2.22. The van der Waals surface area contributed by atoms with Gasteiger partial charge in [0.15, 0.2) is 0 Å². The molecule has 2 atom stereocenters. The summed E-state index contributed by atoms with van der Waals surface area (Å²) < 4.78 is 0. The summed E-state index contributed by atoms with van der Waals surface area (Å²) in [7, 11) is 0. The SMILES string of the molecule is CC(N)CC(=O)Nc1sc2c(c1C#N)CCC(C)C2. The molecule has 19 heavy (non-hydrogen) atoms. The fourth-order valence-corrected chi connectivity index (χ4v) is 3.80. The molecule has 1 aromatic heterocycles. The molecule has 0 saturated carbocycles. The Hall–Kier alpha value is -1.38. The zero-order valence-corrected chi connectivity index (χ0v) is 12.1. The van der Waals surface area contributed by atoms with Gasteiger partial charge in [0.2, 0.25) is 5.91 Å². The molecule has 0 bridgehead atoms. The summed E-state index contributed by atoms with van der Waals surface area (Å²) in [6.45, 7) is 4.02. The predicted molar refractivity (Wildman–Crippen MR) is 77.1 cm³/mol. The van der Waals surface area contributed by atoms with Gasteiger partial charge < -0.3 is 11.1 Å². The maximum Gasteiger partial charge on any atom is 0.226 e. The van der Waals surface area contributed by atoms with Crippen LogP contribution in [0.15, 0.2) is 0 Å². The number of anilines is 1. The van der Waals surface area contributed by atoms with E-state index in [0.29, 0.717) is 16.5 Å². The maximum atomic E-state index is 11.8. The third-order valence-corrected chi connectivity index (χ3v) is 4.55. The van der Waals surface area contributed by atoms with Gasteiger partial charge >= 0.3 is 0 Å². The van der Waals surface area contributed by atoms with Crippen LogP contribution in [0, 0.1) is 17.2 Å². The average Bonchev–Trinajstić information content (AvgIpc) is 2.63. The molecule has 2 unspecified atom stereocenters. The first-order valence-electron chi connectivity index (χ1n) is 6.61. The summed E-state index contributed by atoms with van der Waals surface area (Å²) in [5.41, 5.74) is 7.41.